The van der Waals surface area contributed by atoms with E-state index in [9.17, 15) is 9.18 Å². The molecule has 0 spiro atoms. The second kappa shape index (κ2) is 6.33. The topological polar surface area (TPSA) is 17.1 Å². The highest BCUT2D eigenvalue weighted by atomic mass is 19.1. The number of alkyl halides is 1. The lowest BCUT2D eigenvalue weighted by molar-refractivity contribution is -0.124. The number of hydrogen-bond donors (Lipinski definition) is 0. The molecule has 0 N–H and O–H groups in total. The van der Waals surface area contributed by atoms with Gasteiger partial charge in [0, 0.05) is 6.42 Å². The normalized spacial score (nSPS) is 12.4. The molecule has 0 heterocycles. The maximum atomic E-state index is 13.1. The van der Waals surface area contributed by atoms with E-state index in [2.05, 4.69) is 0 Å². The van der Waals surface area contributed by atoms with Crippen LogP contribution in [-0.4, -0.2) is 12.0 Å². The van der Waals surface area contributed by atoms with Crippen molar-refractivity contribution in [3.63, 3.8) is 0 Å². The number of rotatable bonds is 6. The summed E-state index contributed by atoms with van der Waals surface area (Å²) in [4.78, 5) is 11.3. The summed E-state index contributed by atoms with van der Waals surface area (Å²) < 4.78 is 13.1. The van der Waals surface area contributed by atoms with Crippen LogP contribution in [0.25, 0.3) is 0 Å². The molecule has 0 saturated heterocycles. The van der Waals surface area contributed by atoms with Crippen molar-refractivity contribution in [2.75, 3.05) is 0 Å². The van der Waals surface area contributed by atoms with Gasteiger partial charge in [-0.15, -0.1) is 0 Å². The fourth-order valence-electron chi connectivity index (χ4n) is 1.48. The van der Waals surface area contributed by atoms with Crippen LogP contribution in [0.3, 0.4) is 0 Å². The number of hydrogen-bond acceptors (Lipinski definition) is 1. The van der Waals surface area contributed by atoms with Gasteiger partial charge in [-0.25, -0.2) is 4.39 Å². The van der Waals surface area contributed by atoms with Gasteiger partial charge in [0.2, 0.25) is 0 Å². The van der Waals surface area contributed by atoms with Crippen molar-refractivity contribution in [2.45, 2.75) is 38.8 Å². The SMILES string of the molecule is CCC[C@@H](F)C(=O)CCc1ccccc1. The zero-order valence-electron chi connectivity index (χ0n) is 9.08. The summed E-state index contributed by atoms with van der Waals surface area (Å²) in [6, 6.07) is 9.71. The van der Waals surface area contributed by atoms with Crippen molar-refractivity contribution in [1.29, 1.82) is 0 Å². The Bertz CT molecular complexity index is 295. The molecule has 2 heteroatoms. The molecule has 1 rings (SSSR count). The molecule has 0 fully saturated rings. The highest BCUT2D eigenvalue weighted by Crippen LogP contribution is 2.09. The molecule has 0 aliphatic carbocycles. The minimum absolute atomic E-state index is 0.263. The maximum absolute atomic E-state index is 13.1. The van der Waals surface area contributed by atoms with E-state index in [1.165, 1.54) is 0 Å². The number of carbonyl (C=O) groups excluding carboxylic acids is 1. The minimum Gasteiger partial charge on any atom is -0.296 e. The smallest absolute Gasteiger partial charge is 0.167 e. The molecule has 0 unspecified atom stereocenters. The Hall–Kier alpha value is -1.18. The Labute approximate surface area is 90.3 Å². The summed E-state index contributed by atoms with van der Waals surface area (Å²) in [5, 5.41) is 0. The molecule has 1 nitrogen and oxygen atoms in total. The van der Waals surface area contributed by atoms with Crippen molar-refractivity contribution in [3.8, 4) is 0 Å². The Morgan fingerprint density at radius 3 is 2.60 bits per heavy atom. The zero-order chi connectivity index (χ0) is 11.1. The quantitative estimate of drug-likeness (QED) is 0.700. The molecular formula is C13H17FO. The van der Waals surface area contributed by atoms with Gasteiger partial charge in [0.1, 0.15) is 0 Å². The molecule has 0 bridgehead atoms. The Morgan fingerprint density at radius 1 is 1.33 bits per heavy atom. The average molecular weight is 208 g/mol. The van der Waals surface area contributed by atoms with E-state index >= 15 is 0 Å². The van der Waals surface area contributed by atoms with E-state index in [1.54, 1.807) is 0 Å². The fraction of sp³-hybridized carbons (Fsp3) is 0.462. The van der Waals surface area contributed by atoms with Gasteiger partial charge in [0.15, 0.2) is 12.0 Å². The maximum Gasteiger partial charge on any atom is 0.167 e. The first-order chi connectivity index (χ1) is 7.24. The molecule has 0 radical (unpaired) electrons. The Balaban J connectivity index is 2.34. The molecule has 0 aromatic heterocycles. The molecule has 1 aromatic carbocycles. The average Bonchev–Trinajstić information content (AvgIpc) is 2.27. The predicted molar refractivity (Wildman–Crippen MR) is 59.6 cm³/mol. The first-order valence-electron chi connectivity index (χ1n) is 5.44. The summed E-state index contributed by atoms with van der Waals surface area (Å²) in [6.07, 6.45) is 0.764. The number of carbonyl (C=O) groups is 1. The number of halogens is 1. The highest BCUT2D eigenvalue weighted by molar-refractivity contribution is 5.83. The Kier molecular flexibility index (Phi) is 5.02. The molecule has 15 heavy (non-hydrogen) atoms. The summed E-state index contributed by atoms with van der Waals surface area (Å²) in [5.74, 6) is -0.263. The van der Waals surface area contributed by atoms with Crippen LogP contribution in [0, 0.1) is 0 Å². The molecule has 1 aromatic rings. The van der Waals surface area contributed by atoms with Crippen LogP contribution in [0.15, 0.2) is 30.3 Å². The summed E-state index contributed by atoms with van der Waals surface area (Å²) >= 11 is 0. The van der Waals surface area contributed by atoms with Gasteiger partial charge in [-0.2, -0.15) is 0 Å². The Morgan fingerprint density at radius 2 is 2.00 bits per heavy atom. The fourth-order valence-corrected chi connectivity index (χ4v) is 1.48. The molecule has 0 saturated carbocycles. The van der Waals surface area contributed by atoms with Crippen molar-refractivity contribution >= 4 is 5.78 Å². The number of benzene rings is 1. The van der Waals surface area contributed by atoms with Crippen LogP contribution >= 0.6 is 0 Å². The van der Waals surface area contributed by atoms with E-state index < -0.39 is 6.17 Å². The van der Waals surface area contributed by atoms with Crippen molar-refractivity contribution in [1.82, 2.24) is 0 Å². The van der Waals surface area contributed by atoms with Gasteiger partial charge in [-0.1, -0.05) is 43.7 Å². The highest BCUT2D eigenvalue weighted by Gasteiger charge is 2.15. The number of ketones is 1. The van der Waals surface area contributed by atoms with Crippen LogP contribution in [0.5, 0.6) is 0 Å². The van der Waals surface area contributed by atoms with Crippen molar-refractivity contribution in [3.05, 3.63) is 35.9 Å². The lowest BCUT2D eigenvalue weighted by Gasteiger charge is -2.05. The van der Waals surface area contributed by atoms with Gasteiger partial charge >= 0.3 is 0 Å². The molecule has 82 valence electrons. The van der Waals surface area contributed by atoms with Gasteiger partial charge in [0.05, 0.1) is 0 Å². The largest absolute Gasteiger partial charge is 0.296 e. The van der Waals surface area contributed by atoms with Crippen molar-refractivity contribution < 1.29 is 9.18 Å². The van der Waals surface area contributed by atoms with E-state index in [-0.39, 0.29) is 5.78 Å². The monoisotopic (exact) mass is 208 g/mol. The second-order valence-corrected chi connectivity index (χ2v) is 3.71. The van der Waals surface area contributed by atoms with E-state index in [0.29, 0.717) is 19.3 Å². The van der Waals surface area contributed by atoms with Crippen LogP contribution in [0.1, 0.15) is 31.7 Å². The minimum atomic E-state index is -1.27. The van der Waals surface area contributed by atoms with Crippen LogP contribution < -0.4 is 0 Å². The van der Waals surface area contributed by atoms with Crippen molar-refractivity contribution in [2.24, 2.45) is 0 Å². The third kappa shape index (κ3) is 4.24. The number of Topliss-reactive ketones (excluding diaryl/α,β-unsaturated/α-hetero) is 1. The summed E-state index contributed by atoms with van der Waals surface area (Å²) in [5.41, 5.74) is 1.09. The standard InChI is InChI=1S/C13H17FO/c1-2-6-12(14)13(15)10-9-11-7-4-3-5-8-11/h3-5,7-8,12H,2,6,9-10H2,1H3/t12-/m1/s1. The van der Waals surface area contributed by atoms with E-state index in [4.69, 9.17) is 0 Å². The molecular weight excluding hydrogens is 191 g/mol. The summed E-state index contributed by atoms with van der Waals surface area (Å²) in [7, 11) is 0. The lowest BCUT2D eigenvalue weighted by atomic mass is 10.0. The molecule has 0 amide bonds. The van der Waals surface area contributed by atoms with Gasteiger partial charge in [-0.3, -0.25) is 4.79 Å². The zero-order valence-corrected chi connectivity index (χ0v) is 9.08. The van der Waals surface area contributed by atoms with Crippen LogP contribution in [-0.2, 0) is 11.2 Å². The van der Waals surface area contributed by atoms with Gasteiger partial charge in [0.25, 0.3) is 0 Å². The van der Waals surface area contributed by atoms with Crippen LogP contribution in [0.4, 0.5) is 4.39 Å². The first-order valence-corrected chi connectivity index (χ1v) is 5.44. The summed E-state index contributed by atoms with van der Waals surface area (Å²) in [6.45, 7) is 1.89. The van der Waals surface area contributed by atoms with Crippen LogP contribution in [0.2, 0.25) is 0 Å². The van der Waals surface area contributed by atoms with E-state index in [1.807, 2.05) is 37.3 Å². The van der Waals surface area contributed by atoms with Gasteiger partial charge < -0.3 is 0 Å². The predicted octanol–water partition coefficient (Wildman–Crippen LogP) is 3.33. The molecule has 1 atom stereocenters. The third-order valence-electron chi connectivity index (χ3n) is 2.39. The number of aryl methyl sites for hydroxylation is 1. The first kappa shape index (κ1) is 11.9. The molecule has 0 aliphatic heterocycles. The second-order valence-electron chi connectivity index (χ2n) is 3.71. The molecule has 0 aliphatic rings. The third-order valence-corrected chi connectivity index (χ3v) is 2.39. The van der Waals surface area contributed by atoms with E-state index in [0.717, 1.165) is 12.0 Å². The van der Waals surface area contributed by atoms with Gasteiger partial charge in [-0.05, 0) is 18.4 Å². The lowest BCUT2D eigenvalue weighted by Crippen LogP contribution is -2.15.